The molecule has 0 rings (SSSR count). The van der Waals surface area contributed by atoms with E-state index in [0.29, 0.717) is 31.6 Å². The van der Waals surface area contributed by atoms with Gasteiger partial charge in [-0.2, -0.15) is 0 Å². The van der Waals surface area contributed by atoms with Gasteiger partial charge < -0.3 is 33.8 Å². The van der Waals surface area contributed by atoms with Gasteiger partial charge in [-0.3, -0.25) is 37.3 Å². The molecule has 19 heteroatoms. The molecule has 572 valence electrons. The van der Waals surface area contributed by atoms with E-state index in [0.717, 1.165) is 121 Å². The SMILES string of the molecule is CCCCCC/C=C\C=C/CCCCCCCC(=O)OC[C@H](COP(=O)(O)OC[C@@H](O)COP(=O)(O)OC[C@@H](COC(=O)CCCCCCCCC(C)C)OC(=O)CCCCCCCCCCCCCCCCC)OC(=O)CCCCCCCCCCCCCCCCC(C)CC. The molecule has 97 heavy (non-hydrogen) atoms. The molecule has 0 saturated heterocycles. The van der Waals surface area contributed by atoms with Gasteiger partial charge in [-0.15, -0.1) is 0 Å². The van der Waals surface area contributed by atoms with Crippen LogP contribution >= 0.6 is 15.6 Å². The maximum absolute atomic E-state index is 13.1. The van der Waals surface area contributed by atoms with E-state index in [9.17, 15) is 43.2 Å². The van der Waals surface area contributed by atoms with Gasteiger partial charge in [0.15, 0.2) is 12.2 Å². The zero-order valence-electron chi connectivity index (χ0n) is 62.9. The summed E-state index contributed by atoms with van der Waals surface area (Å²) in [5.41, 5.74) is 0. The van der Waals surface area contributed by atoms with Crippen molar-refractivity contribution in [2.75, 3.05) is 39.6 Å². The van der Waals surface area contributed by atoms with Gasteiger partial charge >= 0.3 is 39.5 Å². The second-order valence-electron chi connectivity index (χ2n) is 28.1. The molecule has 0 aromatic carbocycles. The number of rotatable bonds is 75. The standard InChI is InChI=1S/C78H148O17P2/c1-7-10-12-14-16-18-20-22-24-29-33-37-41-48-54-60-75(80)88-66-73(94-77(82)62-57-51-43-39-35-31-27-26-28-32-36-40-47-53-59-71(6)9-3)68-92-96(84,85)90-64-72(79)65-91-97(86,87)93-69-74(67-89-76(81)61-55-49-45-44-46-52-58-70(4)5)95-78(83)63-56-50-42-38-34-30-25-23-21-19-17-15-13-11-8-2/h18,20,22,24,70-74,79H,7-17,19,21,23,25-69H2,1-6H3,(H,84,85)(H,86,87)/b20-18-,24-22-/t71?,72-,73-,74-/m1/s1. The Hall–Kier alpha value is -2.46. The lowest BCUT2D eigenvalue weighted by molar-refractivity contribution is -0.161. The number of aliphatic hydroxyl groups is 1. The fourth-order valence-corrected chi connectivity index (χ4v) is 13.0. The number of ether oxygens (including phenoxy) is 4. The number of unbranched alkanes of at least 4 members (excludes halogenated alkanes) is 41. The first-order chi connectivity index (χ1) is 46.9. The summed E-state index contributed by atoms with van der Waals surface area (Å²) in [6.07, 6.45) is 60.5. The van der Waals surface area contributed by atoms with E-state index in [1.165, 1.54) is 173 Å². The quantitative estimate of drug-likeness (QED) is 0.0169. The smallest absolute Gasteiger partial charge is 0.462 e. The van der Waals surface area contributed by atoms with Gasteiger partial charge in [0.1, 0.15) is 19.3 Å². The largest absolute Gasteiger partial charge is 0.472 e. The van der Waals surface area contributed by atoms with Crippen molar-refractivity contribution in [2.45, 2.75) is 400 Å². The summed E-state index contributed by atoms with van der Waals surface area (Å²) in [4.78, 5) is 72.8. The van der Waals surface area contributed by atoms with Gasteiger partial charge in [0.25, 0.3) is 0 Å². The van der Waals surface area contributed by atoms with Gasteiger partial charge in [-0.1, -0.05) is 329 Å². The van der Waals surface area contributed by atoms with Crippen molar-refractivity contribution in [3.8, 4) is 0 Å². The minimum absolute atomic E-state index is 0.101. The number of phosphoric ester groups is 2. The molecule has 0 radical (unpaired) electrons. The summed E-state index contributed by atoms with van der Waals surface area (Å²) >= 11 is 0. The van der Waals surface area contributed by atoms with Crippen LogP contribution in [0.5, 0.6) is 0 Å². The van der Waals surface area contributed by atoms with Crippen LogP contribution in [0.1, 0.15) is 382 Å². The maximum Gasteiger partial charge on any atom is 0.472 e. The number of hydrogen-bond donors (Lipinski definition) is 3. The number of aliphatic hydroxyl groups excluding tert-OH is 1. The highest BCUT2D eigenvalue weighted by molar-refractivity contribution is 7.47. The monoisotopic (exact) mass is 1420 g/mol. The van der Waals surface area contributed by atoms with E-state index in [1.54, 1.807) is 0 Å². The topological polar surface area (TPSA) is 237 Å². The fourth-order valence-electron chi connectivity index (χ4n) is 11.4. The number of phosphoric acid groups is 2. The van der Waals surface area contributed by atoms with Crippen molar-refractivity contribution in [1.82, 2.24) is 0 Å². The average molecular weight is 1420 g/mol. The van der Waals surface area contributed by atoms with Crippen molar-refractivity contribution in [2.24, 2.45) is 11.8 Å². The van der Waals surface area contributed by atoms with Crippen LogP contribution in [-0.4, -0.2) is 96.7 Å². The summed E-state index contributed by atoms with van der Waals surface area (Å²) < 4.78 is 68.5. The molecule has 0 aliphatic heterocycles. The second-order valence-corrected chi connectivity index (χ2v) is 31.0. The zero-order valence-corrected chi connectivity index (χ0v) is 64.7. The molecule has 0 aliphatic rings. The third kappa shape index (κ3) is 70.4. The van der Waals surface area contributed by atoms with E-state index in [2.05, 4.69) is 65.8 Å². The van der Waals surface area contributed by atoms with Crippen LogP contribution in [-0.2, 0) is 65.4 Å². The zero-order chi connectivity index (χ0) is 71.4. The molecule has 3 unspecified atom stereocenters. The third-order valence-corrected chi connectivity index (χ3v) is 19.8. The van der Waals surface area contributed by atoms with Gasteiger partial charge in [-0.05, 0) is 63.2 Å². The third-order valence-electron chi connectivity index (χ3n) is 17.9. The molecule has 0 saturated carbocycles. The molecular formula is C78H148O17P2. The Kier molecular flexibility index (Phi) is 67.5. The van der Waals surface area contributed by atoms with E-state index in [-0.39, 0.29) is 25.7 Å². The molecule has 0 fully saturated rings. The van der Waals surface area contributed by atoms with Crippen LogP contribution in [0.4, 0.5) is 0 Å². The van der Waals surface area contributed by atoms with Gasteiger partial charge in [0.05, 0.1) is 26.4 Å². The molecule has 0 spiro atoms. The number of esters is 4. The van der Waals surface area contributed by atoms with Crippen molar-refractivity contribution < 1.29 is 80.2 Å². The Bertz CT molecular complexity index is 1970. The summed E-state index contributed by atoms with van der Waals surface area (Å²) in [5, 5.41) is 10.6. The van der Waals surface area contributed by atoms with Crippen molar-refractivity contribution in [3.63, 3.8) is 0 Å². The van der Waals surface area contributed by atoms with Gasteiger partial charge in [-0.25, -0.2) is 9.13 Å². The van der Waals surface area contributed by atoms with Crippen molar-refractivity contribution in [1.29, 1.82) is 0 Å². The molecule has 3 N–H and O–H groups in total. The highest BCUT2D eigenvalue weighted by Crippen LogP contribution is 2.45. The van der Waals surface area contributed by atoms with Crippen LogP contribution in [0.2, 0.25) is 0 Å². The van der Waals surface area contributed by atoms with Crippen LogP contribution in [0, 0.1) is 11.8 Å². The Balaban J connectivity index is 5.27. The molecule has 0 aromatic rings. The average Bonchev–Trinajstić information content (AvgIpc) is 1.25. The molecule has 17 nitrogen and oxygen atoms in total. The van der Waals surface area contributed by atoms with Crippen LogP contribution in [0.3, 0.4) is 0 Å². The Morgan fingerprint density at radius 3 is 0.928 bits per heavy atom. The van der Waals surface area contributed by atoms with Gasteiger partial charge in [0, 0.05) is 25.7 Å². The first-order valence-electron chi connectivity index (χ1n) is 39.8. The molecule has 6 atom stereocenters. The van der Waals surface area contributed by atoms with Crippen LogP contribution in [0.25, 0.3) is 0 Å². The van der Waals surface area contributed by atoms with Crippen LogP contribution in [0.15, 0.2) is 24.3 Å². The van der Waals surface area contributed by atoms with E-state index >= 15 is 0 Å². The highest BCUT2D eigenvalue weighted by Gasteiger charge is 2.30. The number of carbonyl (C=O) groups excluding carboxylic acids is 4. The summed E-state index contributed by atoms with van der Waals surface area (Å²) in [7, 11) is -9.93. The van der Waals surface area contributed by atoms with Gasteiger partial charge in [0.2, 0.25) is 0 Å². The second kappa shape index (κ2) is 69.3. The number of carbonyl (C=O) groups is 4. The summed E-state index contributed by atoms with van der Waals surface area (Å²) in [6.45, 7) is 9.52. The minimum atomic E-state index is -4.97. The fraction of sp³-hybridized carbons (Fsp3) is 0.897. The summed E-state index contributed by atoms with van der Waals surface area (Å²) in [5.74, 6) is -0.623. The predicted molar refractivity (Wildman–Crippen MR) is 395 cm³/mol. The van der Waals surface area contributed by atoms with Crippen molar-refractivity contribution >= 4 is 39.5 Å². The number of hydrogen-bond acceptors (Lipinski definition) is 15. The summed E-state index contributed by atoms with van der Waals surface area (Å²) in [6, 6.07) is 0. The normalized spacial score (nSPS) is 14.4. The van der Waals surface area contributed by atoms with E-state index in [4.69, 9.17) is 37.0 Å². The molecule has 0 bridgehead atoms. The molecular weight excluding hydrogens is 1270 g/mol. The van der Waals surface area contributed by atoms with Crippen molar-refractivity contribution in [3.05, 3.63) is 24.3 Å². The first kappa shape index (κ1) is 94.5. The molecule has 0 aromatic heterocycles. The lowest BCUT2D eigenvalue weighted by Gasteiger charge is -2.21. The number of allylic oxidation sites excluding steroid dienone is 4. The minimum Gasteiger partial charge on any atom is -0.462 e. The van der Waals surface area contributed by atoms with E-state index < -0.39 is 97.5 Å². The molecule has 0 heterocycles. The Morgan fingerprint density at radius 1 is 0.340 bits per heavy atom. The Labute approximate surface area is 592 Å². The molecule has 0 amide bonds. The van der Waals surface area contributed by atoms with E-state index in [1.807, 2.05) is 0 Å². The Morgan fingerprint density at radius 2 is 0.608 bits per heavy atom. The lowest BCUT2D eigenvalue weighted by atomic mass is 9.99. The lowest BCUT2D eigenvalue weighted by Crippen LogP contribution is -2.30. The van der Waals surface area contributed by atoms with Crippen LogP contribution < -0.4 is 0 Å². The first-order valence-corrected chi connectivity index (χ1v) is 42.8. The molecule has 0 aliphatic carbocycles. The maximum atomic E-state index is 13.1. The highest BCUT2D eigenvalue weighted by atomic mass is 31.2. The predicted octanol–water partition coefficient (Wildman–Crippen LogP) is 22.7.